The molecule has 5 nitrogen and oxygen atoms in total. The minimum Gasteiger partial charge on any atom is -0.410 e. The topological polar surface area (TPSA) is 58.6 Å². The Balaban J connectivity index is 1.56. The fraction of sp³-hybridized carbons (Fsp3) is 0.364. The van der Waals surface area contributed by atoms with Crippen LogP contribution in [0.25, 0.3) is 0 Å². The average Bonchev–Trinajstić information content (AvgIpc) is 2.77. The molecule has 1 aliphatic heterocycles. The first-order valence-electron chi connectivity index (χ1n) is 10.0. The van der Waals surface area contributed by atoms with Crippen molar-refractivity contribution in [2.45, 2.75) is 25.2 Å². The molecule has 0 bridgehead atoms. The van der Waals surface area contributed by atoms with E-state index in [2.05, 4.69) is 5.32 Å². The Labute approximate surface area is 185 Å². The zero-order valence-corrected chi connectivity index (χ0v) is 17.2. The average molecular weight is 474 g/mol. The molecule has 11 heteroatoms. The van der Waals surface area contributed by atoms with E-state index in [1.54, 1.807) is 30.3 Å². The molecule has 2 aromatic rings. The molecule has 0 atom stereocenters. The molecule has 1 saturated heterocycles. The van der Waals surface area contributed by atoms with Crippen LogP contribution in [0, 0.1) is 5.92 Å². The molecule has 1 aliphatic rings. The molecule has 0 saturated carbocycles. The molecule has 0 spiro atoms. The first-order valence-corrected chi connectivity index (χ1v) is 10.0. The number of para-hydroxylation sites is 1. The Hall–Kier alpha value is -3.24. The molecular weight excluding hydrogens is 454 g/mol. The largest absolute Gasteiger partial charge is 0.416 e. The maximum Gasteiger partial charge on any atom is 0.416 e. The molecule has 0 unspecified atom stereocenters. The zero-order chi connectivity index (χ0) is 24.2. The number of carbonyl (C=O) groups excluding carboxylic acids is 2. The summed E-state index contributed by atoms with van der Waals surface area (Å²) in [5.74, 6) is -0.726. The summed E-state index contributed by atoms with van der Waals surface area (Å²) >= 11 is 0. The van der Waals surface area contributed by atoms with E-state index in [0.29, 0.717) is 43.8 Å². The number of likely N-dealkylation sites (tertiary alicyclic amines) is 1. The van der Waals surface area contributed by atoms with Crippen LogP contribution in [0.4, 0.5) is 31.1 Å². The van der Waals surface area contributed by atoms with E-state index >= 15 is 0 Å². The van der Waals surface area contributed by atoms with Crippen molar-refractivity contribution in [3.05, 3.63) is 65.2 Å². The summed E-state index contributed by atoms with van der Waals surface area (Å²) in [5.41, 5.74) is -3.82. The van der Waals surface area contributed by atoms with Gasteiger partial charge in [0.25, 0.3) is 5.91 Å². The molecule has 1 heterocycles. The molecule has 33 heavy (non-hydrogen) atoms. The van der Waals surface area contributed by atoms with Gasteiger partial charge in [-0.25, -0.2) is 4.79 Å². The van der Waals surface area contributed by atoms with Crippen LogP contribution in [-0.4, -0.2) is 36.5 Å². The highest BCUT2D eigenvalue weighted by molar-refractivity contribution is 5.94. The van der Waals surface area contributed by atoms with Gasteiger partial charge in [0.15, 0.2) is 0 Å². The lowest BCUT2D eigenvalue weighted by atomic mass is 9.97. The summed E-state index contributed by atoms with van der Waals surface area (Å²) < 4.78 is 83.1. The second-order valence-electron chi connectivity index (χ2n) is 7.62. The van der Waals surface area contributed by atoms with Gasteiger partial charge < -0.3 is 15.0 Å². The van der Waals surface area contributed by atoms with Crippen molar-refractivity contribution in [1.29, 1.82) is 0 Å². The predicted octanol–water partition coefficient (Wildman–Crippen LogP) is 5.37. The Bertz CT molecular complexity index is 952. The summed E-state index contributed by atoms with van der Waals surface area (Å²) in [6.45, 7) is 0.736. The number of hydrogen-bond acceptors (Lipinski definition) is 3. The maximum atomic E-state index is 13.0. The van der Waals surface area contributed by atoms with Gasteiger partial charge in [-0.3, -0.25) is 4.79 Å². The first kappa shape index (κ1) is 24.4. The Morgan fingerprint density at radius 3 is 1.97 bits per heavy atom. The number of halogens is 6. The van der Waals surface area contributed by atoms with Crippen molar-refractivity contribution in [2.24, 2.45) is 5.92 Å². The Morgan fingerprint density at radius 1 is 0.909 bits per heavy atom. The van der Waals surface area contributed by atoms with Crippen molar-refractivity contribution >= 4 is 12.0 Å². The predicted molar refractivity (Wildman–Crippen MR) is 106 cm³/mol. The van der Waals surface area contributed by atoms with Gasteiger partial charge in [0, 0.05) is 25.2 Å². The summed E-state index contributed by atoms with van der Waals surface area (Å²) in [7, 11) is 0. The summed E-state index contributed by atoms with van der Waals surface area (Å²) in [6, 6.07) is 9.26. The number of piperidine rings is 1. The van der Waals surface area contributed by atoms with Crippen molar-refractivity contribution < 1.29 is 40.7 Å². The van der Waals surface area contributed by atoms with Crippen LogP contribution >= 0.6 is 0 Å². The lowest BCUT2D eigenvalue weighted by Gasteiger charge is -2.31. The van der Waals surface area contributed by atoms with E-state index in [0.717, 1.165) is 0 Å². The van der Waals surface area contributed by atoms with Crippen molar-refractivity contribution in [3.8, 4) is 5.75 Å². The second-order valence-corrected chi connectivity index (χ2v) is 7.62. The van der Waals surface area contributed by atoms with Gasteiger partial charge in [-0.05, 0) is 49.1 Å². The van der Waals surface area contributed by atoms with E-state index in [-0.39, 0.29) is 18.5 Å². The standard InChI is InChI=1S/C22H20F6N2O3/c23-21(24,25)16-10-15(11-17(12-16)22(26,27)28)19(31)29-13-14-6-8-30(9-7-14)20(32)33-18-4-2-1-3-5-18/h1-5,10-12,14H,6-9,13H2,(H,29,31). The highest BCUT2D eigenvalue weighted by Crippen LogP contribution is 2.36. The highest BCUT2D eigenvalue weighted by atomic mass is 19.4. The van der Waals surface area contributed by atoms with E-state index in [9.17, 15) is 35.9 Å². The number of benzene rings is 2. The lowest BCUT2D eigenvalue weighted by molar-refractivity contribution is -0.143. The number of amides is 2. The molecule has 3 rings (SSSR count). The van der Waals surface area contributed by atoms with Gasteiger partial charge in [0.2, 0.25) is 0 Å². The highest BCUT2D eigenvalue weighted by Gasteiger charge is 2.37. The number of carbonyl (C=O) groups is 2. The van der Waals surface area contributed by atoms with Crippen LogP contribution in [0.5, 0.6) is 5.75 Å². The molecule has 178 valence electrons. The van der Waals surface area contributed by atoms with Crippen molar-refractivity contribution in [2.75, 3.05) is 19.6 Å². The minimum absolute atomic E-state index is 0.0268. The first-order chi connectivity index (χ1) is 15.4. The molecular formula is C22H20F6N2O3. The smallest absolute Gasteiger partial charge is 0.410 e. The van der Waals surface area contributed by atoms with Gasteiger partial charge >= 0.3 is 18.4 Å². The van der Waals surface area contributed by atoms with Gasteiger partial charge in [-0.2, -0.15) is 26.3 Å². The third-order valence-electron chi connectivity index (χ3n) is 5.22. The molecule has 2 amide bonds. The second kappa shape index (κ2) is 9.72. The number of nitrogens with zero attached hydrogens (tertiary/aromatic N) is 1. The fourth-order valence-corrected chi connectivity index (χ4v) is 3.40. The maximum absolute atomic E-state index is 13.0. The number of rotatable bonds is 4. The van der Waals surface area contributed by atoms with E-state index in [4.69, 9.17) is 4.74 Å². The van der Waals surface area contributed by atoms with E-state index < -0.39 is 41.0 Å². The van der Waals surface area contributed by atoms with Gasteiger partial charge in [0.05, 0.1) is 11.1 Å². The Kier molecular flexibility index (Phi) is 7.19. The number of alkyl halides is 6. The number of hydrogen-bond donors (Lipinski definition) is 1. The molecule has 0 radical (unpaired) electrons. The quantitative estimate of drug-likeness (QED) is 0.607. The van der Waals surface area contributed by atoms with E-state index in [1.807, 2.05) is 0 Å². The van der Waals surface area contributed by atoms with Crippen LogP contribution in [0.15, 0.2) is 48.5 Å². The summed E-state index contributed by atoms with van der Waals surface area (Å²) in [6.07, 6.45) is -9.61. The molecule has 2 aromatic carbocycles. The molecule has 1 fully saturated rings. The molecule has 1 N–H and O–H groups in total. The molecule has 0 aliphatic carbocycles. The monoisotopic (exact) mass is 474 g/mol. The normalized spacial score (nSPS) is 15.3. The number of ether oxygens (including phenoxy) is 1. The van der Waals surface area contributed by atoms with Crippen molar-refractivity contribution in [3.63, 3.8) is 0 Å². The summed E-state index contributed by atoms with van der Waals surface area (Å²) in [5, 5.41) is 2.40. The minimum atomic E-state index is -5.03. The summed E-state index contributed by atoms with van der Waals surface area (Å²) in [4.78, 5) is 26.0. The van der Waals surface area contributed by atoms with Crippen LogP contribution in [-0.2, 0) is 12.4 Å². The fourth-order valence-electron chi connectivity index (χ4n) is 3.40. The SMILES string of the molecule is O=C(NCC1CCN(C(=O)Oc2ccccc2)CC1)c1cc(C(F)(F)F)cc(C(F)(F)F)c1. The van der Waals surface area contributed by atoms with Crippen molar-refractivity contribution in [1.82, 2.24) is 10.2 Å². The van der Waals surface area contributed by atoms with Gasteiger partial charge in [-0.15, -0.1) is 0 Å². The zero-order valence-electron chi connectivity index (χ0n) is 17.2. The van der Waals surface area contributed by atoms with Gasteiger partial charge in [0.1, 0.15) is 5.75 Å². The van der Waals surface area contributed by atoms with Crippen LogP contribution < -0.4 is 10.1 Å². The van der Waals surface area contributed by atoms with Gasteiger partial charge in [-0.1, -0.05) is 18.2 Å². The van der Waals surface area contributed by atoms with Crippen LogP contribution in [0.3, 0.4) is 0 Å². The Morgan fingerprint density at radius 2 is 1.45 bits per heavy atom. The molecule has 0 aromatic heterocycles. The van der Waals surface area contributed by atoms with Crippen LogP contribution in [0.2, 0.25) is 0 Å². The lowest BCUT2D eigenvalue weighted by Crippen LogP contribution is -2.42. The third-order valence-corrected chi connectivity index (χ3v) is 5.22. The third kappa shape index (κ3) is 6.62. The van der Waals surface area contributed by atoms with Crippen LogP contribution in [0.1, 0.15) is 34.3 Å². The number of nitrogens with one attached hydrogen (secondary N) is 1. The van der Waals surface area contributed by atoms with E-state index in [1.165, 1.54) is 4.90 Å².